The van der Waals surface area contributed by atoms with E-state index in [2.05, 4.69) is 10.6 Å². The fourth-order valence-corrected chi connectivity index (χ4v) is 3.85. The Morgan fingerprint density at radius 3 is 2.52 bits per heavy atom. The number of hydrogen-bond donors (Lipinski definition) is 2. The van der Waals surface area contributed by atoms with Crippen molar-refractivity contribution in [3.63, 3.8) is 0 Å². The Labute approximate surface area is 153 Å². The molecule has 2 amide bonds. The summed E-state index contributed by atoms with van der Waals surface area (Å²) in [5.74, 6) is 0.0421. The van der Waals surface area contributed by atoms with E-state index >= 15 is 0 Å². The number of carbonyl (C=O) groups is 1. The molecule has 0 radical (unpaired) electrons. The van der Waals surface area contributed by atoms with Gasteiger partial charge in [0, 0.05) is 17.3 Å². The molecule has 2 aromatic carbocycles. The first-order chi connectivity index (χ1) is 11.9. The van der Waals surface area contributed by atoms with Crippen LogP contribution in [0.15, 0.2) is 48.5 Å². The van der Waals surface area contributed by atoms with Crippen LogP contribution in [0.25, 0.3) is 0 Å². The third-order valence-electron chi connectivity index (χ3n) is 3.58. The van der Waals surface area contributed by atoms with Crippen LogP contribution in [0.5, 0.6) is 0 Å². The van der Waals surface area contributed by atoms with Gasteiger partial charge in [0.25, 0.3) is 0 Å². The molecular formula is C18H21ClN2O3S. The summed E-state index contributed by atoms with van der Waals surface area (Å²) in [4.78, 5) is 11.8. The lowest BCUT2D eigenvalue weighted by Gasteiger charge is -2.09. The first-order valence-corrected chi connectivity index (χ1v) is 10.1. The zero-order valence-corrected chi connectivity index (χ0v) is 15.5. The largest absolute Gasteiger partial charge is 0.338 e. The molecule has 0 heterocycles. The minimum atomic E-state index is -3.19. The summed E-state index contributed by atoms with van der Waals surface area (Å²) in [6, 6.07) is 13.9. The molecule has 0 spiro atoms. The van der Waals surface area contributed by atoms with Crippen molar-refractivity contribution in [1.82, 2.24) is 5.32 Å². The lowest BCUT2D eigenvalue weighted by atomic mass is 10.2. The SMILES string of the molecule is Cc1ccc(NC(=O)NCCCS(=O)(=O)Cc2ccccc2)cc1Cl. The van der Waals surface area contributed by atoms with Gasteiger partial charge in [0.05, 0.1) is 11.5 Å². The molecule has 0 saturated carbocycles. The molecule has 0 saturated heterocycles. The fraction of sp³-hybridized carbons (Fsp3) is 0.278. The number of rotatable bonds is 7. The normalized spacial score (nSPS) is 11.1. The quantitative estimate of drug-likeness (QED) is 0.718. The molecule has 2 rings (SSSR count). The van der Waals surface area contributed by atoms with E-state index in [0.717, 1.165) is 11.1 Å². The van der Waals surface area contributed by atoms with Crippen molar-refractivity contribution in [2.75, 3.05) is 17.6 Å². The van der Waals surface area contributed by atoms with Gasteiger partial charge in [-0.2, -0.15) is 0 Å². The van der Waals surface area contributed by atoms with Gasteiger partial charge in [-0.1, -0.05) is 48.0 Å². The molecule has 0 fully saturated rings. The average molecular weight is 381 g/mol. The van der Waals surface area contributed by atoms with E-state index in [0.29, 0.717) is 17.1 Å². The zero-order chi connectivity index (χ0) is 18.3. The number of aryl methyl sites for hydroxylation is 1. The van der Waals surface area contributed by atoms with Gasteiger partial charge in [0.15, 0.2) is 9.84 Å². The lowest BCUT2D eigenvalue weighted by molar-refractivity contribution is 0.252. The highest BCUT2D eigenvalue weighted by molar-refractivity contribution is 7.90. The Bertz CT molecular complexity index is 823. The van der Waals surface area contributed by atoms with E-state index in [-0.39, 0.29) is 24.1 Å². The highest BCUT2D eigenvalue weighted by atomic mass is 35.5. The Morgan fingerprint density at radius 1 is 1.12 bits per heavy atom. The van der Waals surface area contributed by atoms with Crippen LogP contribution < -0.4 is 10.6 Å². The monoisotopic (exact) mass is 380 g/mol. The first kappa shape index (κ1) is 19.3. The van der Waals surface area contributed by atoms with Crippen molar-refractivity contribution in [2.45, 2.75) is 19.1 Å². The summed E-state index contributed by atoms with van der Waals surface area (Å²) < 4.78 is 24.1. The van der Waals surface area contributed by atoms with Crippen molar-refractivity contribution in [3.05, 3.63) is 64.7 Å². The summed E-state index contributed by atoms with van der Waals surface area (Å²) in [7, 11) is -3.19. The number of urea groups is 1. The van der Waals surface area contributed by atoms with Gasteiger partial charge >= 0.3 is 6.03 Å². The van der Waals surface area contributed by atoms with Gasteiger partial charge in [0.2, 0.25) is 0 Å². The summed E-state index contributed by atoms with van der Waals surface area (Å²) in [6.07, 6.45) is 0.358. The molecule has 7 heteroatoms. The first-order valence-electron chi connectivity index (χ1n) is 7.91. The maximum atomic E-state index is 12.1. The molecule has 134 valence electrons. The molecule has 5 nitrogen and oxygen atoms in total. The van der Waals surface area contributed by atoms with Crippen molar-refractivity contribution in [2.24, 2.45) is 0 Å². The minimum Gasteiger partial charge on any atom is -0.338 e. The number of nitrogens with one attached hydrogen (secondary N) is 2. The maximum absolute atomic E-state index is 12.1. The number of anilines is 1. The zero-order valence-electron chi connectivity index (χ0n) is 14.0. The Balaban J connectivity index is 1.73. The summed E-state index contributed by atoms with van der Waals surface area (Å²) in [5, 5.41) is 5.88. The maximum Gasteiger partial charge on any atom is 0.319 e. The van der Waals surface area contributed by atoms with Crippen LogP contribution in [0.3, 0.4) is 0 Å². The van der Waals surface area contributed by atoms with E-state index in [1.807, 2.05) is 31.2 Å². The number of halogens is 1. The second-order valence-corrected chi connectivity index (χ2v) is 8.37. The minimum absolute atomic E-state index is 0.0158. The third kappa shape index (κ3) is 6.76. The number of hydrogen-bond acceptors (Lipinski definition) is 3. The standard InChI is InChI=1S/C18H21ClN2O3S/c1-14-8-9-16(12-17(14)19)21-18(22)20-10-5-11-25(23,24)13-15-6-3-2-4-7-15/h2-4,6-9,12H,5,10-11,13H2,1H3,(H2,20,21,22). The van der Waals surface area contributed by atoms with Gasteiger partial charge in [0.1, 0.15) is 0 Å². The van der Waals surface area contributed by atoms with Crippen LogP contribution >= 0.6 is 11.6 Å². The van der Waals surface area contributed by atoms with Crippen molar-refractivity contribution < 1.29 is 13.2 Å². The number of benzene rings is 2. The van der Waals surface area contributed by atoms with Crippen molar-refractivity contribution in [3.8, 4) is 0 Å². The molecule has 0 aromatic heterocycles. The number of amides is 2. The predicted molar refractivity (Wildman–Crippen MR) is 102 cm³/mol. The summed E-state index contributed by atoms with van der Waals surface area (Å²) in [5.41, 5.74) is 2.28. The van der Waals surface area contributed by atoms with Crippen LogP contribution in [-0.4, -0.2) is 26.7 Å². The van der Waals surface area contributed by atoms with E-state index in [1.165, 1.54) is 0 Å². The molecule has 0 atom stereocenters. The van der Waals surface area contributed by atoms with Crippen molar-refractivity contribution >= 4 is 33.2 Å². The predicted octanol–water partition coefficient (Wildman–Crippen LogP) is 3.78. The summed E-state index contributed by atoms with van der Waals surface area (Å²) >= 11 is 6.00. The smallest absolute Gasteiger partial charge is 0.319 e. The van der Waals surface area contributed by atoms with Crippen LogP contribution in [-0.2, 0) is 15.6 Å². The van der Waals surface area contributed by atoms with Crippen LogP contribution in [0.4, 0.5) is 10.5 Å². The summed E-state index contributed by atoms with van der Waals surface area (Å²) in [6.45, 7) is 2.15. The fourth-order valence-electron chi connectivity index (χ4n) is 2.24. The Kier molecular flexibility index (Phi) is 6.84. The van der Waals surface area contributed by atoms with E-state index in [9.17, 15) is 13.2 Å². The molecule has 0 aliphatic rings. The van der Waals surface area contributed by atoms with Gasteiger partial charge in [-0.05, 0) is 36.6 Å². The van der Waals surface area contributed by atoms with Crippen LogP contribution in [0.2, 0.25) is 5.02 Å². The molecule has 0 bridgehead atoms. The molecule has 2 aromatic rings. The molecule has 2 N–H and O–H groups in total. The highest BCUT2D eigenvalue weighted by Crippen LogP contribution is 2.19. The van der Waals surface area contributed by atoms with Crippen molar-refractivity contribution in [1.29, 1.82) is 0 Å². The molecule has 0 aliphatic carbocycles. The number of carbonyl (C=O) groups excluding carboxylic acids is 1. The van der Waals surface area contributed by atoms with E-state index in [1.54, 1.807) is 24.3 Å². The van der Waals surface area contributed by atoms with Crippen LogP contribution in [0.1, 0.15) is 17.5 Å². The van der Waals surface area contributed by atoms with Gasteiger partial charge < -0.3 is 10.6 Å². The molecule has 0 unspecified atom stereocenters. The van der Waals surface area contributed by atoms with E-state index < -0.39 is 9.84 Å². The second kappa shape index (κ2) is 8.87. The second-order valence-electron chi connectivity index (χ2n) is 5.78. The van der Waals surface area contributed by atoms with Gasteiger partial charge in [-0.25, -0.2) is 13.2 Å². The lowest BCUT2D eigenvalue weighted by Crippen LogP contribution is -2.30. The number of sulfone groups is 1. The highest BCUT2D eigenvalue weighted by Gasteiger charge is 2.12. The molecule has 0 aliphatic heterocycles. The van der Waals surface area contributed by atoms with E-state index in [4.69, 9.17) is 11.6 Å². The van der Waals surface area contributed by atoms with Gasteiger partial charge in [-0.15, -0.1) is 0 Å². The Morgan fingerprint density at radius 2 is 1.84 bits per heavy atom. The molecular weight excluding hydrogens is 360 g/mol. The molecule has 25 heavy (non-hydrogen) atoms. The topological polar surface area (TPSA) is 75.3 Å². The van der Waals surface area contributed by atoms with Crippen LogP contribution in [0, 0.1) is 6.92 Å². The Hall–Kier alpha value is -2.05. The third-order valence-corrected chi connectivity index (χ3v) is 5.67. The van der Waals surface area contributed by atoms with Gasteiger partial charge in [-0.3, -0.25) is 0 Å². The average Bonchev–Trinajstić information content (AvgIpc) is 2.56.